The lowest BCUT2D eigenvalue weighted by Gasteiger charge is -2.31. The number of carbonyl (C=O) groups is 2. The van der Waals surface area contributed by atoms with Crippen molar-refractivity contribution in [2.24, 2.45) is 16.9 Å². The van der Waals surface area contributed by atoms with Gasteiger partial charge >= 0.3 is 0 Å². The van der Waals surface area contributed by atoms with Gasteiger partial charge in [-0.2, -0.15) is 0 Å². The Bertz CT molecular complexity index is 338. The smallest absolute Gasteiger partial charge is 0.240 e. The van der Waals surface area contributed by atoms with E-state index in [1.165, 1.54) is 0 Å². The molecule has 1 saturated heterocycles. The molecule has 6 heteroatoms. The van der Waals surface area contributed by atoms with Crippen LogP contribution in [-0.4, -0.2) is 60.4 Å². The number of carbonyl (C=O) groups excluding carboxylic acids is 2. The summed E-state index contributed by atoms with van der Waals surface area (Å²) >= 11 is 0. The van der Waals surface area contributed by atoms with Crippen LogP contribution in [0.15, 0.2) is 0 Å². The summed E-state index contributed by atoms with van der Waals surface area (Å²) in [5.74, 6) is -0.334. The normalized spacial score (nSPS) is 19.9. The highest BCUT2D eigenvalue weighted by Gasteiger charge is 2.31. The van der Waals surface area contributed by atoms with Crippen molar-refractivity contribution in [3.05, 3.63) is 0 Å². The first-order valence-electron chi connectivity index (χ1n) is 6.77. The van der Waals surface area contributed by atoms with Crippen molar-refractivity contribution in [2.75, 3.05) is 32.7 Å². The van der Waals surface area contributed by atoms with Gasteiger partial charge in [0.2, 0.25) is 11.8 Å². The maximum absolute atomic E-state index is 12.3. The maximum Gasteiger partial charge on any atom is 0.240 e. The van der Waals surface area contributed by atoms with Gasteiger partial charge in [0.15, 0.2) is 0 Å². The van der Waals surface area contributed by atoms with Crippen LogP contribution >= 0.6 is 0 Å². The number of hydrogen-bond donors (Lipinski definition) is 2. The number of nitrogens with two attached hydrogens (primary N) is 2. The largest absolute Gasteiger partial charge is 0.369 e. The van der Waals surface area contributed by atoms with Crippen LogP contribution in [0.2, 0.25) is 0 Å². The number of hydrogen-bond acceptors (Lipinski definition) is 4. The van der Waals surface area contributed by atoms with Crippen LogP contribution in [0.4, 0.5) is 0 Å². The fourth-order valence-corrected chi connectivity index (χ4v) is 2.14. The van der Waals surface area contributed by atoms with Crippen LogP contribution in [-0.2, 0) is 9.59 Å². The molecule has 0 spiro atoms. The van der Waals surface area contributed by atoms with Gasteiger partial charge in [-0.15, -0.1) is 0 Å². The molecular weight excluding hydrogens is 244 g/mol. The number of rotatable bonds is 3. The molecule has 1 heterocycles. The molecule has 110 valence electrons. The topological polar surface area (TPSA) is 92.7 Å². The third-order valence-electron chi connectivity index (χ3n) is 3.48. The molecule has 1 fully saturated rings. The van der Waals surface area contributed by atoms with Gasteiger partial charge in [0.1, 0.15) is 0 Å². The molecule has 0 aromatic carbocycles. The predicted octanol–water partition coefficient (Wildman–Crippen LogP) is -0.621. The molecule has 4 N–H and O–H groups in total. The summed E-state index contributed by atoms with van der Waals surface area (Å²) < 4.78 is 0. The Hall–Kier alpha value is -1.14. The number of amides is 2. The third-order valence-corrected chi connectivity index (χ3v) is 3.48. The van der Waals surface area contributed by atoms with Crippen molar-refractivity contribution in [1.82, 2.24) is 9.80 Å². The molecule has 0 unspecified atom stereocenters. The van der Waals surface area contributed by atoms with Gasteiger partial charge in [-0.05, 0) is 11.8 Å². The third kappa shape index (κ3) is 4.80. The van der Waals surface area contributed by atoms with Crippen LogP contribution in [0.5, 0.6) is 0 Å². The van der Waals surface area contributed by atoms with E-state index in [1.807, 2.05) is 25.7 Å². The molecule has 1 aliphatic rings. The molecule has 1 atom stereocenters. The standard InChI is InChI=1S/C13H26N4O2/c1-13(2,3)11(15)12(19)17-6-4-5-16(7-8-17)9-10(14)18/h11H,4-9,15H2,1-3H3,(H2,14,18)/t11-/m1/s1. The van der Waals surface area contributed by atoms with E-state index in [-0.39, 0.29) is 23.8 Å². The second-order valence-electron chi connectivity index (χ2n) is 6.26. The van der Waals surface area contributed by atoms with Crippen LogP contribution < -0.4 is 11.5 Å². The van der Waals surface area contributed by atoms with E-state index in [1.54, 1.807) is 4.90 Å². The van der Waals surface area contributed by atoms with E-state index in [0.717, 1.165) is 13.0 Å². The summed E-state index contributed by atoms with van der Waals surface area (Å²) in [6.07, 6.45) is 0.843. The van der Waals surface area contributed by atoms with E-state index in [9.17, 15) is 9.59 Å². The van der Waals surface area contributed by atoms with Gasteiger partial charge in [0.05, 0.1) is 12.6 Å². The Morgan fingerprint density at radius 2 is 1.79 bits per heavy atom. The van der Waals surface area contributed by atoms with Gasteiger partial charge in [-0.1, -0.05) is 20.8 Å². The monoisotopic (exact) mass is 270 g/mol. The molecule has 1 rings (SSSR count). The number of primary amides is 1. The quantitative estimate of drug-likeness (QED) is 0.715. The molecule has 19 heavy (non-hydrogen) atoms. The zero-order valence-corrected chi connectivity index (χ0v) is 12.2. The van der Waals surface area contributed by atoms with Gasteiger partial charge in [0, 0.05) is 26.2 Å². The van der Waals surface area contributed by atoms with E-state index >= 15 is 0 Å². The molecule has 0 aromatic rings. The van der Waals surface area contributed by atoms with E-state index in [4.69, 9.17) is 11.5 Å². The van der Waals surface area contributed by atoms with Crippen LogP contribution in [0.25, 0.3) is 0 Å². The summed E-state index contributed by atoms with van der Waals surface area (Å²) in [5, 5.41) is 0. The average molecular weight is 270 g/mol. The summed E-state index contributed by atoms with van der Waals surface area (Å²) in [5.41, 5.74) is 11.0. The molecule has 0 saturated carbocycles. The summed E-state index contributed by atoms with van der Waals surface area (Å²) in [4.78, 5) is 27.0. The highest BCUT2D eigenvalue weighted by Crippen LogP contribution is 2.19. The van der Waals surface area contributed by atoms with Gasteiger partial charge in [0.25, 0.3) is 0 Å². The highest BCUT2D eigenvalue weighted by atomic mass is 16.2. The Morgan fingerprint density at radius 1 is 1.16 bits per heavy atom. The zero-order chi connectivity index (χ0) is 14.6. The molecule has 6 nitrogen and oxygen atoms in total. The molecule has 0 aromatic heterocycles. The number of nitrogens with zero attached hydrogens (tertiary/aromatic N) is 2. The molecule has 0 aliphatic carbocycles. The molecule has 0 radical (unpaired) electrons. The lowest BCUT2D eigenvalue weighted by atomic mass is 9.86. The van der Waals surface area contributed by atoms with Crippen molar-refractivity contribution in [3.63, 3.8) is 0 Å². The molecule has 2 amide bonds. The Morgan fingerprint density at radius 3 is 2.32 bits per heavy atom. The summed E-state index contributed by atoms with van der Waals surface area (Å²) in [7, 11) is 0. The first-order valence-corrected chi connectivity index (χ1v) is 6.77. The van der Waals surface area contributed by atoms with E-state index < -0.39 is 6.04 Å². The second kappa shape index (κ2) is 6.34. The zero-order valence-electron chi connectivity index (χ0n) is 12.2. The Labute approximate surface area is 115 Å². The van der Waals surface area contributed by atoms with Crippen molar-refractivity contribution in [2.45, 2.75) is 33.2 Å². The molecular formula is C13H26N4O2. The van der Waals surface area contributed by atoms with Crippen molar-refractivity contribution >= 4 is 11.8 Å². The summed E-state index contributed by atoms with van der Waals surface area (Å²) in [6.45, 7) is 8.91. The summed E-state index contributed by atoms with van der Waals surface area (Å²) in [6, 6.07) is -0.491. The first kappa shape index (κ1) is 15.9. The van der Waals surface area contributed by atoms with Crippen molar-refractivity contribution in [1.29, 1.82) is 0 Å². The van der Waals surface area contributed by atoms with Crippen molar-refractivity contribution in [3.8, 4) is 0 Å². The molecule has 1 aliphatic heterocycles. The lowest BCUT2D eigenvalue weighted by molar-refractivity contribution is -0.134. The van der Waals surface area contributed by atoms with Crippen LogP contribution in [0.1, 0.15) is 27.2 Å². The fourth-order valence-electron chi connectivity index (χ4n) is 2.14. The second-order valence-corrected chi connectivity index (χ2v) is 6.26. The first-order chi connectivity index (χ1) is 8.71. The maximum atomic E-state index is 12.3. The minimum absolute atomic E-state index is 0.00609. The lowest BCUT2D eigenvalue weighted by Crippen LogP contribution is -2.51. The predicted molar refractivity (Wildman–Crippen MR) is 74.3 cm³/mol. The van der Waals surface area contributed by atoms with Crippen molar-refractivity contribution < 1.29 is 9.59 Å². The Balaban J connectivity index is 2.57. The van der Waals surface area contributed by atoms with Crippen LogP contribution in [0.3, 0.4) is 0 Å². The molecule has 0 bridgehead atoms. The van der Waals surface area contributed by atoms with E-state index in [2.05, 4.69) is 0 Å². The minimum Gasteiger partial charge on any atom is -0.369 e. The average Bonchev–Trinajstić information content (AvgIpc) is 2.50. The minimum atomic E-state index is -0.491. The van der Waals surface area contributed by atoms with E-state index in [0.29, 0.717) is 19.6 Å². The Kier molecular flexibility index (Phi) is 5.31. The van der Waals surface area contributed by atoms with Gasteiger partial charge in [-0.3, -0.25) is 14.5 Å². The fraction of sp³-hybridized carbons (Fsp3) is 0.846. The van der Waals surface area contributed by atoms with Gasteiger partial charge in [-0.25, -0.2) is 0 Å². The van der Waals surface area contributed by atoms with Crippen LogP contribution in [0, 0.1) is 5.41 Å². The SMILES string of the molecule is CC(C)(C)[C@H](N)C(=O)N1CCCN(CC(N)=O)CC1. The van der Waals surface area contributed by atoms with Gasteiger partial charge < -0.3 is 16.4 Å². The highest BCUT2D eigenvalue weighted by molar-refractivity contribution is 5.82.